The van der Waals surface area contributed by atoms with Gasteiger partial charge in [0.2, 0.25) is 0 Å². The first-order valence-corrected chi connectivity index (χ1v) is 7.79. The fraction of sp³-hybridized carbons (Fsp3) is 0.533. The molecule has 1 fully saturated rings. The molecule has 3 nitrogen and oxygen atoms in total. The zero-order valence-corrected chi connectivity index (χ0v) is 12.3. The third kappa shape index (κ3) is 3.66. The van der Waals surface area contributed by atoms with E-state index in [9.17, 15) is 4.79 Å². The Balaban J connectivity index is 2.24. The molecule has 1 N–H and O–H groups in total. The predicted octanol–water partition coefficient (Wildman–Crippen LogP) is 3.17. The summed E-state index contributed by atoms with van der Waals surface area (Å²) in [4.78, 5) is 13.2. The van der Waals surface area contributed by atoms with Gasteiger partial charge in [-0.3, -0.25) is 4.79 Å². The highest BCUT2D eigenvalue weighted by molar-refractivity contribution is 8.00. The second kappa shape index (κ2) is 6.33. The number of carboxylic acids is 1. The van der Waals surface area contributed by atoms with Crippen molar-refractivity contribution in [2.75, 3.05) is 17.2 Å². The van der Waals surface area contributed by atoms with Gasteiger partial charge in [0.25, 0.3) is 0 Å². The van der Waals surface area contributed by atoms with Crippen LogP contribution < -0.4 is 4.90 Å². The second-order valence-electron chi connectivity index (χ2n) is 5.14. The molecule has 0 aliphatic carbocycles. The van der Waals surface area contributed by atoms with Gasteiger partial charge in [-0.15, -0.1) is 0 Å². The molecular weight excluding hydrogens is 258 g/mol. The van der Waals surface area contributed by atoms with Crippen LogP contribution in [-0.2, 0) is 4.79 Å². The lowest BCUT2D eigenvalue weighted by molar-refractivity contribution is -0.135. The number of nitrogens with zero attached hydrogens (tertiary/aromatic N) is 1. The molecule has 0 radical (unpaired) electrons. The average molecular weight is 279 g/mol. The van der Waals surface area contributed by atoms with Crippen molar-refractivity contribution in [2.24, 2.45) is 0 Å². The maximum absolute atomic E-state index is 11.2. The van der Waals surface area contributed by atoms with Gasteiger partial charge in [-0.1, -0.05) is 24.6 Å². The van der Waals surface area contributed by atoms with Crippen LogP contribution in [0.2, 0.25) is 0 Å². The number of aliphatic carboxylic acids is 1. The van der Waals surface area contributed by atoms with Gasteiger partial charge < -0.3 is 10.0 Å². The number of thioether (sulfide) groups is 1. The van der Waals surface area contributed by atoms with Crippen LogP contribution in [0.25, 0.3) is 0 Å². The molecule has 0 bridgehead atoms. The minimum atomic E-state index is -0.761. The van der Waals surface area contributed by atoms with Crippen molar-refractivity contribution in [1.82, 2.24) is 0 Å². The summed E-state index contributed by atoms with van der Waals surface area (Å²) in [6.07, 6.45) is 2.25. The Kier molecular flexibility index (Phi) is 4.75. The van der Waals surface area contributed by atoms with Crippen LogP contribution in [0.4, 0.5) is 5.69 Å². The minimum absolute atomic E-state index is 0.0820. The first-order chi connectivity index (χ1) is 9.08. The molecule has 19 heavy (non-hydrogen) atoms. The maximum atomic E-state index is 11.2. The highest BCUT2D eigenvalue weighted by atomic mass is 32.2. The van der Waals surface area contributed by atoms with Crippen LogP contribution >= 0.6 is 11.8 Å². The molecule has 1 aromatic rings. The van der Waals surface area contributed by atoms with Crippen molar-refractivity contribution >= 4 is 23.4 Å². The molecule has 1 aliphatic heterocycles. The maximum Gasteiger partial charge on any atom is 0.323 e. The second-order valence-corrected chi connectivity index (χ2v) is 6.63. The third-order valence-electron chi connectivity index (χ3n) is 3.64. The standard InChI is InChI=1S/C15H21NO2S/c1-11-5-7-13(8-6-11)16(10-15(17)18)14-4-3-9-19-12(14)2/h5-8,12,14H,3-4,9-10H2,1-2H3,(H,17,18). The van der Waals surface area contributed by atoms with E-state index in [2.05, 4.69) is 11.8 Å². The number of aryl methyl sites for hydroxylation is 1. The number of carboxylic acid groups (broad SMARTS) is 1. The van der Waals surface area contributed by atoms with Crippen molar-refractivity contribution in [1.29, 1.82) is 0 Å². The van der Waals surface area contributed by atoms with Gasteiger partial charge in [-0.2, -0.15) is 11.8 Å². The lowest BCUT2D eigenvalue weighted by atomic mass is 10.0. The quantitative estimate of drug-likeness (QED) is 0.919. The highest BCUT2D eigenvalue weighted by Crippen LogP contribution is 2.31. The predicted molar refractivity (Wildman–Crippen MR) is 81.1 cm³/mol. The average Bonchev–Trinajstić information content (AvgIpc) is 2.38. The molecular formula is C15H21NO2S. The van der Waals surface area contributed by atoms with Crippen LogP contribution in [-0.4, -0.2) is 34.7 Å². The Labute approximate surface area is 119 Å². The van der Waals surface area contributed by atoms with Crippen LogP contribution in [0, 0.1) is 6.92 Å². The zero-order chi connectivity index (χ0) is 13.8. The molecule has 0 amide bonds. The Morgan fingerprint density at radius 2 is 2.11 bits per heavy atom. The lowest BCUT2D eigenvalue weighted by Crippen LogP contribution is -2.46. The van der Waals surface area contributed by atoms with Crippen molar-refractivity contribution in [3.05, 3.63) is 29.8 Å². The molecule has 0 saturated carbocycles. The summed E-state index contributed by atoms with van der Waals surface area (Å²) >= 11 is 1.94. The molecule has 1 heterocycles. The molecule has 1 aromatic carbocycles. The summed E-state index contributed by atoms with van der Waals surface area (Å²) in [5.41, 5.74) is 2.22. The van der Waals surface area contributed by atoms with E-state index in [0.717, 1.165) is 12.1 Å². The van der Waals surface area contributed by atoms with E-state index in [1.54, 1.807) is 0 Å². The number of hydrogen-bond acceptors (Lipinski definition) is 3. The van der Waals surface area contributed by atoms with Crippen molar-refractivity contribution < 1.29 is 9.90 Å². The van der Waals surface area contributed by atoms with E-state index in [-0.39, 0.29) is 6.54 Å². The van der Waals surface area contributed by atoms with Gasteiger partial charge in [0.15, 0.2) is 0 Å². The van der Waals surface area contributed by atoms with E-state index in [0.29, 0.717) is 11.3 Å². The van der Waals surface area contributed by atoms with Gasteiger partial charge in [0, 0.05) is 17.0 Å². The largest absolute Gasteiger partial charge is 0.480 e. The molecule has 0 aromatic heterocycles. The Hall–Kier alpha value is -1.16. The van der Waals surface area contributed by atoms with Crippen LogP contribution in [0.5, 0.6) is 0 Å². The fourth-order valence-electron chi connectivity index (χ4n) is 2.60. The van der Waals surface area contributed by atoms with Gasteiger partial charge in [-0.25, -0.2) is 0 Å². The Morgan fingerprint density at radius 1 is 1.42 bits per heavy atom. The van der Waals surface area contributed by atoms with Crippen molar-refractivity contribution in [3.8, 4) is 0 Å². The topological polar surface area (TPSA) is 40.5 Å². The van der Waals surface area contributed by atoms with E-state index >= 15 is 0 Å². The fourth-order valence-corrected chi connectivity index (χ4v) is 3.81. The normalized spacial score (nSPS) is 23.1. The highest BCUT2D eigenvalue weighted by Gasteiger charge is 2.29. The molecule has 2 atom stereocenters. The lowest BCUT2D eigenvalue weighted by Gasteiger charge is -2.39. The smallest absolute Gasteiger partial charge is 0.323 e. The molecule has 2 unspecified atom stereocenters. The Bertz CT molecular complexity index is 432. The number of rotatable bonds is 4. The van der Waals surface area contributed by atoms with E-state index in [1.807, 2.05) is 43.0 Å². The summed E-state index contributed by atoms with van der Waals surface area (Å²) in [6, 6.07) is 8.47. The summed E-state index contributed by atoms with van der Waals surface area (Å²) in [5, 5.41) is 9.65. The van der Waals surface area contributed by atoms with Gasteiger partial charge in [0.1, 0.15) is 6.54 Å². The molecule has 0 spiro atoms. The van der Waals surface area contributed by atoms with Crippen LogP contribution in [0.1, 0.15) is 25.3 Å². The molecule has 1 aliphatic rings. The van der Waals surface area contributed by atoms with Gasteiger partial charge in [0.05, 0.1) is 0 Å². The van der Waals surface area contributed by atoms with Crippen LogP contribution in [0.15, 0.2) is 24.3 Å². The van der Waals surface area contributed by atoms with E-state index < -0.39 is 5.97 Å². The number of carbonyl (C=O) groups is 1. The van der Waals surface area contributed by atoms with Crippen molar-refractivity contribution in [3.63, 3.8) is 0 Å². The van der Waals surface area contributed by atoms with Crippen molar-refractivity contribution in [2.45, 2.75) is 38.0 Å². The number of anilines is 1. The summed E-state index contributed by atoms with van der Waals surface area (Å²) < 4.78 is 0. The monoisotopic (exact) mass is 279 g/mol. The zero-order valence-electron chi connectivity index (χ0n) is 11.5. The summed E-state index contributed by atoms with van der Waals surface area (Å²) in [5.74, 6) is 0.426. The van der Waals surface area contributed by atoms with Gasteiger partial charge in [-0.05, 0) is 37.7 Å². The first kappa shape index (κ1) is 14.3. The van der Waals surface area contributed by atoms with E-state index in [1.165, 1.54) is 17.7 Å². The summed E-state index contributed by atoms with van der Waals surface area (Å²) in [7, 11) is 0. The Morgan fingerprint density at radius 3 is 2.68 bits per heavy atom. The molecule has 1 saturated heterocycles. The molecule has 104 valence electrons. The van der Waals surface area contributed by atoms with Crippen LogP contribution in [0.3, 0.4) is 0 Å². The summed E-state index contributed by atoms with van der Waals surface area (Å²) in [6.45, 7) is 4.33. The molecule has 2 rings (SSSR count). The van der Waals surface area contributed by atoms with E-state index in [4.69, 9.17) is 5.11 Å². The third-order valence-corrected chi connectivity index (χ3v) is 5.00. The minimum Gasteiger partial charge on any atom is -0.480 e. The first-order valence-electron chi connectivity index (χ1n) is 6.74. The van der Waals surface area contributed by atoms with Gasteiger partial charge >= 0.3 is 5.97 Å². The SMILES string of the molecule is Cc1ccc(N(CC(=O)O)C2CCCSC2C)cc1. The molecule has 4 heteroatoms. The number of hydrogen-bond donors (Lipinski definition) is 1. The number of benzene rings is 1.